The van der Waals surface area contributed by atoms with Crippen molar-refractivity contribution in [3.8, 4) is 0 Å². The third-order valence-electron chi connectivity index (χ3n) is 5.13. The number of likely N-dealkylation sites (tertiary alicyclic amines) is 1. The second kappa shape index (κ2) is 5.36. The zero-order valence-electron chi connectivity index (χ0n) is 12.4. The van der Waals surface area contributed by atoms with Crippen LogP contribution in [0.2, 0.25) is 0 Å². The van der Waals surface area contributed by atoms with Gasteiger partial charge in [0, 0.05) is 0 Å². The number of ether oxygens (including phenoxy) is 1. The van der Waals surface area contributed by atoms with E-state index < -0.39 is 0 Å². The van der Waals surface area contributed by atoms with Crippen LogP contribution in [0.3, 0.4) is 0 Å². The predicted octanol–water partition coefficient (Wildman–Crippen LogP) is 2.01. The molecular weight excluding hydrogens is 278 g/mol. The minimum atomic E-state index is -0.100. The van der Waals surface area contributed by atoms with E-state index in [0.29, 0.717) is 19.8 Å². The van der Waals surface area contributed by atoms with Crippen LogP contribution >= 0.6 is 0 Å². The summed E-state index contributed by atoms with van der Waals surface area (Å²) in [5.74, 6) is 0.377. The number of carbonyl (C=O) groups is 2. The summed E-state index contributed by atoms with van der Waals surface area (Å²) in [6.07, 6.45) is 5.21. The van der Waals surface area contributed by atoms with Gasteiger partial charge in [-0.05, 0) is 23.8 Å². The van der Waals surface area contributed by atoms with Crippen LogP contribution in [0.1, 0.15) is 12.0 Å². The van der Waals surface area contributed by atoms with Crippen molar-refractivity contribution in [2.45, 2.75) is 13.0 Å². The Labute approximate surface area is 129 Å². The van der Waals surface area contributed by atoms with Crippen LogP contribution in [0.5, 0.6) is 0 Å². The van der Waals surface area contributed by atoms with Gasteiger partial charge in [0.1, 0.15) is 0 Å². The van der Waals surface area contributed by atoms with E-state index in [4.69, 9.17) is 4.74 Å². The second-order valence-corrected chi connectivity index (χ2v) is 6.37. The van der Waals surface area contributed by atoms with E-state index in [1.165, 1.54) is 4.90 Å². The van der Waals surface area contributed by atoms with Crippen molar-refractivity contribution in [2.24, 2.45) is 23.7 Å². The summed E-state index contributed by atoms with van der Waals surface area (Å²) in [5.41, 5.74) is 1.10. The number of nitrogens with zero attached hydrogens (tertiary/aromatic N) is 1. The molecule has 3 aliphatic rings. The first kappa shape index (κ1) is 13.7. The van der Waals surface area contributed by atoms with Crippen LogP contribution in [0, 0.1) is 23.7 Å². The highest BCUT2D eigenvalue weighted by Gasteiger charge is 2.58. The summed E-state index contributed by atoms with van der Waals surface area (Å²) in [5, 5.41) is 0. The fourth-order valence-electron chi connectivity index (χ4n) is 4.10. The van der Waals surface area contributed by atoms with E-state index in [1.807, 2.05) is 30.3 Å². The zero-order valence-corrected chi connectivity index (χ0v) is 12.4. The fourth-order valence-corrected chi connectivity index (χ4v) is 4.10. The van der Waals surface area contributed by atoms with Crippen LogP contribution in [0.25, 0.3) is 0 Å². The topological polar surface area (TPSA) is 46.6 Å². The number of imide groups is 1. The van der Waals surface area contributed by atoms with Crippen molar-refractivity contribution >= 4 is 11.8 Å². The first-order valence-electron chi connectivity index (χ1n) is 7.91. The Hall–Kier alpha value is -1.94. The van der Waals surface area contributed by atoms with Crippen LogP contribution in [0.4, 0.5) is 0 Å². The van der Waals surface area contributed by atoms with Gasteiger partial charge in [-0.3, -0.25) is 14.5 Å². The molecule has 1 aliphatic heterocycles. The quantitative estimate of drug-likeness (QED) is 0.474. The van der Waals surface area contributed by atoms with Crippen molar-refractivity contribution in [3.63, 3.8) is 0 Å². The average Bonchev–Trinajstić information content (AvgIpc) is 3.21. The maximum absolute atomic E-state index is 12.5. The minimum Gasteiger partial charge on any atom is -0.375 e. The van der Waals surface area contributed by atoms with Gasteiger partial charge in [-0.2, -0.15) is 0 Å². The summed E-state index contributed by atoms with van der Waals surface area (Å²) in [6, 6.07) is 9.90. The molecule has 22 heavy (non-hydrogen) atoms. The molecule has 4 nitrogen and oxygen atoms in total. The van der Waals surface area contributed by atoms with Gasteiger partial charge in [-0.15, -0.1) is 0 Å². The van der Waals surface area contributed by atoms with Gasteiger partial charge in [0.25, 0.3) is 0 Å². The molecule has 4 heteroatoms. The number of allylic oxidation sites excluding steroid dienone is 2. The molecule has 1 heterocycles. The van der Waals surface area contributed by atoms with Crippen LogP contribution in [0.15, 0.2) is 42.5 Å². The first-order valence-corrected chi connectivity index (χ1v) is 7.91. The standard InChI is InChI=1S/C18H19NO3/c20-17-15-13-6-7-14(10-13)16(15)18(21)19(17)8-9-22-11-12-4-2-1-3-5-12/h1-7,13-16H,8-11H2/t13-,14-,15+,16+/m1/s1. The Balaban J connectivity index is 1.33. The molecule has 0 aromatic heterocycles. The Morgan fingerprint density at radius 2 is 1.64 bits per heavy atom. The molecule has 2 amide bonds. The molecule has 2 bridgehead atoms. The van der Waals surface area contributed by atoms with Gasteiger partial charge in [0.2, 0.25) is 11.8 Å². The summed E-state index contributed by atoms with van der Waals surface area (Å²) in [6.45, 7) is 1.28. The lowest BCUT2D eigenvalue weighted by molar-refractivity contribution is -0.141. The third-order valence-corrected chi connectivity index (χ3v) is 5.13. The van der Waals surface area contributed by atoms with Crippen molar-refractivity contribution < 1.29 is 14.3 Å². The fraction of sp³-hybridized carbons (Fsp3) is 0.444. The monoisotopic (exact) mass is 297 g/mol. The maximum Gasteiger partial charge on any atom is 0.233 e. The lowest BCUT2D eigenvalue weighted by Crippen LogP contribution is -2.35. The van der Waals surface area contributed by atoms with Crippen molar-refractivity contribution in [1.29, 1.82) is 0 Å². The van der Waals surface area contributed by atoms with Gasteiger partial charge in [-0.25, -0.2) is 0 Å². The molecule has 0 spiro atoms. The second-order valence-electron chi connectivity index (χ2n) is 6.37. The Kier molecular flexibility index (Phi) is 3.34. The number of carbonyl (C=O) groups excluding carboxylic acids is 2. The van der Waals surface area contributed by atoms with E-state index >= 15 is 0 Å². The number of rotatable bonds is 5. The molecule has 1 saturated heterocycles. The molecule has 4 atom stereocenters. The Morgan fingerprint density at radius 3 is 2.27 bits per heavy atom. The molecule has 0 unspecified atom stereocenters. The highest BCUT2D eigenvalue weighted by Crippen LogP contribution is 2.52. The van der Waals surface area contributed by atoms with E-state index in [2.05, 4.69) is 12.2 Å². The highest BCUT2D eigenvalue weighted by molar-refractivity contribution is 6.06. The Bertz CT molecular complexity index is 594. The zero-order chi connectivity index (χ0) is 15.1. The minimum absolute atomic E-state index is 0.00941. The van der Waals surface area contributed by atoms with Crippen LogP contribution in [-0.2, 0) is 20.9 Å². The molecule has 2 aliphatic carbocycles. The van der Waals surface area contributed by atoms with Gasteiger partial charge < -0.3 is 4.74 Å². The normalized spacial score (nSPS) is 32.1. The largest absolute Gasteiger partial charge is 0.375 e. The van der Waals surface area contributed by atoms with Crippen LogP contribution < -0.4 is 0 Å². The molecule has 0 radical (unpaired) electrons. The van der Waals surface area contributed by atoms with E-state index in [1.54, 1.807) is 0 Å². The van der Waals surface area contributed by atoms with Gasteiger partial charge >= 0.3 is 0 Å². The molecule has 1 aromatic carbocycles. The number of amides is 2. The smallest absolute Gasteiger partial charge is 0.233 e. The average molecular weight is 297 g/mol. The van der Waals surface area contributed by atoms with E-state index in [-0.39, 0.29) is 35.5 Å². The van der Waals surface area contributed by atoms with Gasteiger partial charge in [0.15, 0.2) is 0 Å². The SMILES string of the molecule is O=C1[C@@H]2[C@@H](C(=O)N1CCOCc1ccccc1)[C@@H]1C=C[C@@H]2C1. The van der Waals surface area contributed by atoms with Crippen LogP contribution in [-0.4, -0.2) is 29.9 Å². The highest BCUT2D eigenvalue weighted by atomic mass is 16.5. The Morgan fingerprint density at radius 1 is 1.00 bits per heavy atom. The van der Waals surface area contributed by atoms with Crippen molar-refractivity contribution in [1.82, 2.24) is 4.90 Å². The number of hydrogen-bond acceptors (Lipinski definition) is 3. The summed E-state index contributed by atoms with van der Waals surface area (Å²) >= 11 is 0. The third kappa shape index (κ3) is 2.10. The molecule has 1 saturated carbocycles. The summed E-state index contributed by atoms with van der Waals surface area (Å²) in [7, 11) is 0. The lowest BCUT2D eigenvalue weighted by atomic mass is 9.85. The van der Waals surface area contributed by atoms with Gasteiger partial charge in [0.05, 0.1) is 31.6 Å². The maximum atomic E-state index is 12.5. The molecule has 114 valence electrons. The van der Waals surface area contributed by atoms with Crippen molar-refractivity contribution in [3.05, 3.63) is 48.0 Å². The summed E-state index contributed by atoms with van der Waals surface area (Å²) in [4.78, 5) is 26.4. The molecule has 0 N–H and O–H groups in total. The molecule has 2 fully saturated rings. The van der Waals surface area contributed by atoms with E-state index in [0.717, 1.165) is 12.0 Å². The number of hydrogen-bond donors (Lipinski definition) is 0. The van der Waals surface area contributed by atoms with Crippen molar-refractivity contribution in [2.75, 3.05) is 13.2 Å². The number of fused-ring (bicyclic) bond motifs is 5. The molecular formula is C18H19NO3. The lowest BCUT2D eigenvalue weighted by Gasteiger charge is -2.17. The molecule has 1 aromatic rings. The summed E-state index contributed by atoms with van der Waals surface area (Å²) < 4.78 is 5.61. The number of benzene rings is 1. The first-order chi connectivity index (χ1) is 10.8. The van der Waals surface area contributed by atoms with E-state index in [9.17, 15) is 9.59 Å². The van der Waals surface area contributed by atoms with Gasteiger partial charge in [-0.1, -0.05) is 42.5 Å². The predicted molar refractivity (Wildman–Crippen MR) is 80.5 cm³/mol. The molecule has 4 rings (SSSR count).